The number of hydrazine groups is 1. The molecule has 92 valence electrons. The lowest BCUT2D eigenvalue weighted by atomic mass is 10.2. The number of nitrogens with one attached hydrogen (secondary N) is 1. The third-order valence-electron chi connectivity index (χ3n) is 2.69. The van der Waals surface area contributed by atoms with Crippen LogP contribution in [-0.2, 0) is 14.8 Å². The van der Waals surface area contributed by atoms with Crippen LogP contribution in [0.5, 0.6) is 0 Å². The summed E-state index contributed by atoms with van der Waals surface area (Å²) in [7, 11) is -3.40. The summed E-state index contributed by atoms with van der Waals surface area (Å²) in [5.41, 5.74) is 8.34. The van der Waals surface area contributed by atoms with Crippen molar-refractivity contribution in [1.29, 1.82) is 0 Å². The lowest BCUT2D eigenvalue weighted by Gasteiger charge is -2.20. The summed E-state index contributed by atoms with van der Waals surface area (Å²) in [6, 6.07) is 0. The number of aliphatic imine (C=N–C) groups is 1. The van der Waals surface area contributed by atoms with Gasteiger partial charge in [-0.2, -0.15) is 9.84 Å². The predicted molar refractivity (Wildman–Crippen MR) is 58.8 cm³/mol. The first-order chi connectivity index (χ1) is 7.54. The van der Waals surface area contributed by atoms with Crippen LogP contribution < -0.4 is 11.2 Å². The summed E-state index contributed by atoms with van der Waals surface area (Å²) in [4.78, 5) is 4.07. The Balaban J connectivity index is 2.10. The van der Waals surface area contributed by atoms with E-state index in [1.165, 1.54) is 0 Å². The summed E-state index contributed by atoms with van der Waals surface area (Å²) < 4.78 is 29.6. The van der Waals surface area contributed by atoms with E-state index in [1.54, 1.807) is 6.92 Å². The molecule has 0 aromatic carbocycles. The summed E-state index contributed by atoms with van der Waals surface area (Å²) in [6.45, 7) is 2.25. The van der Waals surface area contributed by atoms with Gasteiger partial charge < -0.3 is 10.5 Å². The summed E-state index contributed by atoms with van der Waals surface area (Å²) in [5.74, 6) is -0.0311. The predicted octanol–water partition coefficient (Wildman–Crippen LogP) is -1.02. The number of hydrogen-bond acceptors (Lipinski definition) is 6. The van der Waals surface area contributed by atoms with Gasteiger partial charge in [-0.05, 0) is 19.8 Å². The molecule has 2 atom stereocenters. The first-order valence-electron chi connectivity index (χ1n) is 5.28. The highest BCUT2D eigenvalue weighted by Crippen LogP contribution is 2.20. The molecule has 0 saturated carbocycles. The Morgan fingerprint density at radius 1 is 1.69 bits per heavy atom. The normalized spacial score (nSPS) is 30.8. The molecule has 0 radical (unpaired) electrons. The van der Waals surface area contributed by atoms with Crippen molar-refractivity contribution in [2.75, 3.05) is 12.4 Å². The second kappa shape index (κ2) is 4.19. The van der Waals surface area contributed by atoms with Crippen LogP contribution in [0.4, 0.5) is 0 Å². The SMILES string of the molecule is CCS(=O)(=O)N1NC(C2CCCO2)N=C1N. The van der Waals surface area contributed by atoms with Crippen molar-refractivity contribution in [2.45, 2.75) is 32.0 Å². The van der Waals surface area contributed by atoms with E-state index < -0.39 is 10.0 Å². The van der Waals surface area contributed by atoms with Crippen molar-refractivity contribution in [3.8, 4) is 0 Å². The maximum absolute atomic E-state index is 11.6. The molecule has 2 unspecified atom stereocenters. The van der Waals surface area contributed by atoms with E-state index in [1.807, 2.05) is 0 Å². The van der Waals surface area contributed by atoms with Crippen LogP contribution in [0.2, 0.25) is 0 Å². The molecular formula is C8H16N4O3S. The summed E-state index contributed by atoms with van der Waals surface area (Å²) >= 11 is 0. The number of ether oxygens (including phenoxy) is 1. The Labute approximate surface area is 94.7 Å². The maximum atomic E-state index is 11.6. The zero-order valence-electron chi connectivity index (χ0n) is 9.09. The Hall–Kier alpha value is -0.860. The van der Waals surface area contributed by atoms with Crippen LogP contribution in [0, 0.1) is 0 Å². The molecule has 3 N–H and O–H groups in total. The van der Waals surface area contributed by atoms with Gasteiger partial charge in [0, 0.05) is 6.61 Å². The standard InChI is InChI=1S/C8H16N4O3S/c1-2-16(13,14)12-8(9)10-7(11-12)6-4-3-5-15-6/h6-7,11H,2-5H2,1H3,(H2,9,10). The van der Waals surface area contributed by atoms with Gasteiger partial charge in [0.2, 0.25) is 5.96 Å². The van der Waals surface area contributed by atoms with Crippen LogP contribution in [0.15, 0.2) is 4.99 Å². The molecule has 1 saturated heterocycles. The van der Waals surface area contributed by atoms with Crippen LogP contribution in [0.3, 0.4) is 0 Å². The highest BCUT2D eigenvalue weighted by atomic mass is 32.2. The fraction of sp³-hybridized carbons (Fsp3) is 0.875. The molecule has 2 aliphatic rings. The van der Waals surface area contributed by atoms with Gasteiger partial charge in [-0.3, -0.25) is 0 Å². The summed E-state index contributed by atoms with van der Waals surface area (Å²) in [6.07, 6.45) is 1.37. The first kappa shape index (κ1) is 11.6. The quantitative estimate of drug-likeness (QED) is 0.666. The van der Waals surface area contributed by atoms with E-state index in [-0.39, 0.29) is 24.0 Å². The molecule has 16 heavy (non-hydrogen) atoms. The zero-order valence-corrected chi connectivity index (χ0v) is 9.90. The van der Waals surface area contributed by atoms with Gasteiger partial charge in [-0.1, -0.05) is 0 Å². The largest absolute Gasteiger partial charge is 0.375 e. The Bertz CT molecular complexity index is 388. The van der Waals surface area contributed by atoms with Crippen molar-refractivity contribution < 1.29 is 13.2 Å². The molecular weight excluding hydrogens is 232 g/mol. The van der Waals surface area contributed by atoms with Gasteiger partial charge in [0.05, 0.1) is 11.9 Å². The molecule has 0 aliphatic carbocycles. The molecule has 0 spiro atoms. The van der Waals surface area contributed by atoms with Crippen LogP contribution in [-0.4, -0.2) is 43.4 Å². The third kappa shape index (κ3) is 2.00. The fourth-order valence-electron chi connectivity index (χ4n) is 1.78. The van der Waals surface area contributed by atoms with Crippen LogP contribution >= 0.6 is 0 Å². The van der Waals surface area contributed by atoms with E-state index in [9.17, 15) is 8.42 Å². The fourth-order valence-corrected chi connectivity index (χ4v) is 2.64. The van der Waals surface area contributed by atoms with Gasteiger partial charge in [0.1, 0.15) is 6.17 Å². The monoisotopic (exact) mass is 248 g/mol. The summed E-state index contributed by atoms with van der Waals surface area (Å²) in [5, 5.41) is 0. The van der Waals surface area contributed by atoms with Gasteiger partial charge in [0.25, 0.3) is 10.0 Å². The molecule has 0 aromatic rings. The molecule has 0 amide bonds. The molecule has 8 heteroatoms. The number of nitrogens with zero attached hydrogens (tertiary/aromatic N) is 2. The lowest BCUT2D eigenvalue weighted by Crippen LogP contribution is -2.50. The average molecular weight is 248 g/mol. The van der Waals surface area contributed by atoms with Crippen molar-refractivity contribution in [3.63, 3.8) is 0 Å². The first-order valence-corrected chi connectivity index (χ1v) is 6.89. The number of hydrogen-bond donors (Lipinski definition) is 2. The van der Waals surface area contributed by atoms with Gasteiger partial charge in [-0.15, -0.1) is 0 Å². The third-order valence-corrected chi connectivity index (χ3v) is 4.27. The van der Waals surface area contributed by atoms with E-state index in [0.717, 1.165) is 17.3 Å². The highest BCUT2D eigenvalue weighted by molar-refractivity contribution is 7.89. The van der Waals surface area contributed by atoms with E-state index in [2.05, 4.69) is 10.4 Å². The molecule has 1 fully saturated rings. The second-order valence-electron chi connectivity index (χ2n) is 3.78. The molecule has 0 bridgehead atoms. The smallest absolute Gasteiger partial charge is 0.250 e. The van der Waals surface area contributed by atoms with Crippen molar-refractivity contribution >= 4 is 16.0 Å². The average Bonchev–Trinajstić information content (AvgIpc) is 2.85. The topological polar surface area (TPSA) is 97.0 Å². The minimum atomic E-state index is -3.40. The maximum Gasteiger partial charge on any atom is 0.250 e. The van der Waals surface area contributed by atoms with Gasteiger partial charge >= 0.3 is 0 Å². The van der Waals surface area contributed by atoms with Gasteiger partial charge in [-0.25, -0.2) is 13.4 Å². The molecule has 2 heterocycles. The molecule has 0 aromatic heterocycles. The number of sulfonamides is 1. The van der Waals surface area contributed by atoms with E-state index in [0.29, 0.717) is 6.61 Å². The highest BCUT2D eigenvalue weighted by Gasteiger charge is 2.36. The Morgan fingerprint density at radius 3 is 3.00 bits per heavy atom. The van der Waals surface area contributed by atoms with Crippen molar-refractivity contribution in [2.24, 2.45) is 10.7 Å². The minimum Gasteiger partial charge on any atom is -0.375 e. The van der Waals surface area contributed by atoms with Crippen LogP contribution in [0.1, 0.15) is 19.8 Å². The Morgan fingerprint density at radius 2 is 2.44 bits per heavy atom. The van der Waals surface area contributed by atoms with Crippen molar-refractivity contribution in [3.05, 3.63) is 0 Å². The minimum absolute atomic E-state index is 0.0117. The van der Waals surface area contributed by atoms with E-state index in [4.69, 9.17) is 10.5 Å². The van der Waals surface area contributed by atoms with Crippen LogP contribution in [0.25, 0.3) is 0 Å². The lowest BCUT2D eigenvalue weighted by molar-refractivity contribution is 0.0766. The van der Waals surface area contributed by atoms with E-state index >= 15 is 0 Å². The Kier molecular flexibility index (Phi) is 3.04. The number of guanidine groups is 1. The zero-order chi connectivity index (χ0) is 11.8. The second-order valence-corrected chi connectivity index (χ2v) is 5.88. The molecule has 2 rings (SSSR count). The number of nitrogens with two attached hydrogens (primary N) is 1. The molecule has 2 aliphatic heterocycles. The van der Waals surface area contributed by atoms with Crippen molar-refractivity contribution in [1.82, 2.24) is 9.84 Å². The molecule has 7 nitrogen and oxygen atoms in total. The van der Waals surface area contributed by atoms with Gasteiger partial charge in [0.15, 0.2) is 0 Å². The number of rotatable bonds is 3.